The summed E-state index contributed by atoms with van der Waals surface area (Å²) in [6.07, 6.45) is 0.884. The molecular formula is C17H19N3O2S. The fraction of sp³-hybridized carbons (Fsp3) is 0.353. The molecule has 5 nitrogen and oxygen atoms in total. The Labute approximate surface area is 139 Å². The SMILES string of the molecule is COc1ccc(-c2csc(CCC(=O)NC(C)(C)C#N)n2)cc1. The quantitative estimate of drug-likeness (QED) is 0.883. The summed E-state index contributed by atoms with van der Waals surface area (Å²) in [7, 11) is 1.63. The van der Waals surface area contributed by atoms with E-state index in [0.717, 1.165) is 22.0 Å². The van der Waals surface area contributed by atoms with Crippen LogP contribution in [0.3, 0.4) is 0 Å². The fourth-order valence-corrected chi connectivity index (χ4v) is 2.79. The summed E-state index contributed by atoms with van der Waals surface area (Å²) < 4.78 is 5.14. The Hall–Kier alpha value is -2.39. The maximum absolute atomic E-state index is 11.8. The van der Waals surface area contributed by atoms with Crippen LogP contribution in [0.25, 0.3) is 11.3 Å². The maximum atomic E-state index is 11.8. The normalized spacial score (nSPS) is 10.9. The van der Waals surface area contributed by atoms with Crippen molar-refractivity contribution in [3.8, 4) is 23.1 Å². The first-order valence-corrected chi connectivity index (χ1v) is 8.12. The number of carbonyl (C=O) groups is 1. The number of amides is 1. The van der Waals surface area contributed by atoms with Crippen LogP contribution in [0.15, 0.2) is 29.6 Å². The molecule has 0 atom stereocenters. The topological polar surface area (TPSA) is 75.0 Å². The molecule has 0 unspecified atom stereocenters. The smallest absolute Gasteiger partial charge is 0.221 e. The van der Waals surface area contributed by atoms with Gasteiger partial charge in [-0.15, -0.1) is 11.3 Å². The number of hydrogen-bond acceptors (Lipinski definition) is 5. The second kappa shape index (κ2) is 7.25. The highest BCUT2D eigenvalue weighted by molar-refractivity contribution is 7.09. The molecule has 2 aromatic rings. The van der Waals surface area contributed by atoms with E-state index in [-0.39, 0.29) is 5.91 Å². The number of aryl methyl sites for hydroxylation is 1. The van der Waals surface area contributed by atoms with Crippen molar-refractivity contribution in [1.29, 1.82) is 5.26 Å². The van der Waals surface area contributed by atoms with Crippen LogP contribution in [0.4, 0.5) is 0 Å². The van der Waals surface area contributed by atoms with E-state index in [4.69, 9.17) is 10.00 Å². The van der Waals surface area contributed by atoms with Crippen molar-refractivity contribution in [2.24, 2.45) is 0 Å². The van der Waals surface area contributed by atoms with E-state index < -0.39 is 5.54 Å². The lowest BCUT2D eigenvalue weighted by molar-refractivity contribution is -0.122. The molecule has 0 aliphatic carbocycles. The van der Waals surface area contributed by atoms with E-state index in [0.29, 0.717) is 12.8 Å². The van der Waals surface area contributed by atoms with Crippen molar-refractivity contribution < 1.29 is 9.53 Å². The summed E-state index contributed by atoms with van der Waals surface area (Å²) in [5.41, 5.74) is 1.07. The number of rotatable bonds is 6. The number of carbonyl (C=O) groups excluding carboxylic acids is 1. The van der Waals surface area contributed by atoms with Crippen molar-refractivity contribution in [2.45, 2.75) is 32.2 Å². The van der Waals surface area contributed by atoms with Gasteiger partial charge >= 0.3 is 0 Å². The number of methoxy groups -OCH3 is 1. The van der Waals surface area contributed by atoms with Gasteiger partial charge in [-0.1, -0.05) is 0 Å². The van der Waals surface area contributed by atoms with E-state index in [1.807, 2.05) is 29.6 Å². The third kappa shape index (κ3) is 4.80. The van der Waals surface area contributed by atoms with Gasteiger partial charge in [0.2, 0.25) is 5.91 Å². The zero-order valence-electron chi connectivity index (χ0n) is 13.4. The second-order valence-corrected chi connectivity index (χ2v) is 6.58. The molecule has 0 bridgehead atoms. The second-order valence-electron chi connectivity index (χ2n) is 5.64. The average molecular weight is 329 g/mol. The molecule has 0 aliphatic rings. The van der Waals surface area contributed by atoms with Crippen molar-refractivity contribution in [3.63, 3.8) is 0 Å². The third-order valence-electron chi connectivity index (χ3n) is 3.23. The maximum Gasteiger partial charge on any atom is 0.221 e. The van der Waals surface area contributed by atoms with Gasteiger partial charge in [-0.3, -0.25) is 4.79 Å². The van der Waals surface area contributed by atoms with Crippen molar-refractivity contribution >= 4 is 17.2 Å². The standard InChI is InChI=1S/C17H19N3O2S/c1-17(2,11-18)20-15(21)8-9-16-19-14(10-23-16)12-4-6-13(22-3)7-5-12/h4-7,10H,8-9H2,1-3H3,(H,20,21). The molecule has 120 valence electrons. The van der Waals surface area contributed by atoms with Gasteiger partial charge in [-0.05, 0) is 38.1 Å². The lowest BCUT2D eigenvalue weighted by atomic mass is 10.1. The van der Waals surface area contributed by atoms with Crippen LogP contribution in [0.1, 0.15) is 25.3 Å². The average Bonchev–Trinajstić information content (AvgIpc) is 3.01. The van der Waals surface area contributed by atoms with Crippen molar-refractivity contribution in [1.82, 2.24) is 10.3 Å². The van der Waals surface area contributed by atoms with Crippen molar-refractivity contribution in [2.75, 3.05) is 7.11 Å². The summed E-state index contributed by atoms with van der Waals surface area (Å²) >= 11 is 1.53. The number of thiazole rings is 1. The summed E-state index contributed by atoms with van der Waals surface area (Å²) in [5.74, 6) is 0.665. The van der Waals surface area contributed by atoms with Gasteiger partial charge in [-0.2, -0.15) is 5.26 Å². The van der Waals surface area contributed by atoms with Gasteiger partial charge < -0.3 is 10.1 Å². The summed E-state index contributed by atoms with van der Waals surface area (Å²) in [5, 5.41) is 14.5. The predicted octanol–water partition coefficient (Wildman–Crippen LogP) is 3.17. The highest BCUT2D eigenvalue weighted by Crippen LogP contribution is 2.24. The van der Waals surface area contributed by atoms with Crippen LogP contribution in [0, 0.1) is 11.3 Å². The van der Waals surface area contributed by atoms with Crippen LogP contribution < -0.4 is 10.1 Å². The first-order chi connectivity index (χ1) is 10.9. The van der Waals surface area contributed by atoms with E-state index >= 15 is 0 Å². The van der Waals surface area contributed by atoms with Crippen LogP contribution in [-0.4, -0.2) is 23.5 Å². The van der Waals surface area contributed by atoms with Gasteiger partial charge in [0.1, 0.15) is 11.3 Å². The number of benzene rings is 1. The highest BCUT2D eigenvalue weighted by Gasteiger charge is 2.19. The van der Waals surface area contributed by atoms with Gasteiger partial charge in [0.15, 0.2) is 0 Å². The van der Waals surface area contributed by atoms with E-state index in [9.17, 15) is 4.79 Å². The number of nitrogens with zero attached hydrogens (tertiary/aromatic N) is 2. The molecule has 0 aliphatic heterocycles. The zero-order chi connectivity index (χ0) is 16.9. The number of nitrogens with one attached hydrogen (secondary N) is 1. The zero-order valence-corrected chi connectivity index (χ0v) is 14.2. The fourth-order valence-electron chi connectivity index (χ4n) is 1.98. The van der Waals surface area contributed by atoms with Crippen LogP contribution >= 0.6 is 11.3 Å². The molecule has 0 fully saturated rings. The largest absolute Gasteiger partial charge is 0.497 e. The Morgan fingerprint density at radius 3 is 2.70 bits per heavy atom. The first-order valence-electron chi connectivity index (χ1n) is 7.24. The monoisotopic (exact) mass is 329 g/mol. The molecule has 1 heterocycles. The minimum Gasteiger partial charge on any atom is -0.497 e. The highest BCUT2D eigenvalue weighted by atomic mass is 32.1. The molecule has 0 spiro atoms. The molecule has 0 saturated heterocycles. The molecule has 0 radical (unpaired) electrons. The Bertz CT molecular complexity index is 714. The van der Waals surface area contributed by atoms with E-state index in [1.54, 1.807) is 21.0 Å². The molecule has 1 aromatic carbocycles. The first kappa shape index (κ1) is 17.0. The predicted molar refractivity (Wildman–Crippen MR) is 90.3 cm³/mol. The molecule has 2 rings (SSSR count). The Kier molecular flexibility index (Phi) is 5.35. The van der Waals surface area contributed by atoms with Gasteiger partial charge in [0, 0.05) is 23.8 Å². The lowest BCUT2D eigenvalue weighted by Gasteiger charge is -2.16. The van der Waals surface area contributed by atoms with Crippen molar-refractivity contribution in [3.05, 3.63) is 34.7 Å². The molecule has 0 saturated carbocycles. The van der Waals surface area contributed by atoms with Gasteiger partial charge in [0.05, 0.1) is 23.9 Å². The number of hydrogen-bond donors (Lipinski definition) is 1. The van der Waals surface area contributed by atoms with Crippen LogP contribution in [0.2, 0.25) is 0 Å². The summed E-state index contributed by atoms with van der Waals surface area (Å²) in [4.78, 5) is 16.4. The van der Waals surface area contributed by atoms with Crippen LogP contribution in [0.5, 0.6) is 5.75 Å². The Balaban J connectivity index is 1.94. The molecular weight excluding hydrogens is 310 g/mol. The molecule has 6 heteroatoms. The Morgan fingerprint density at radius 1 is 1.39 bits per heavy atom. The molecule has 1 aromatic heterocycles. The minimum absolute atomic E-state index is 0.141. The van der Waals surface area contributed by atoms with Gasteiger partial charge in [0.25, 0.3) is 0 Å². The van der Waals surface area contributed by atoms with E-state index in [2.05, 4.69) is 16.4 Å². The van der Waals surface area contributed by atoms with Crippen LogP contribution in [-0.2, 0) is 11.2 Å². The molecule has 1 N–H and O–H groups in total. The number of nitriles is 1. The third-order valence-corrected chi connectivity index (χ3v) is 4.14. The number of aromatic nitrogens is 1. The lowest BCUT2D eigenvalue weighted by Crippen LogP contribution is -2.42. The minimum atomic E-state index is -0.839. The van der Waals surface area contributed by atoms with Gasteiger partial charge in [-0.25, -0.2) is 4.98 Å². The summed E-state index contributed by atoms with van der Waals surface area (Å²) in [6, 6.07) is 9.76. The number of ether oxygens (including phenoxy) is 1. The van der Waals surface area contributed by atoms with E-state index in [1.165, 1.54) is 11.3 Å². The molecule has 1 amide bonds. The Morgan fingerprint density at radius 2 is 2.09 bits per heavy atom. The molecule has 23 heavy (non-hydrogen) atoms. The summed E-state index contributed by atoms with van der Waals surface area (Å²) in [6.45, 7) is 3.35.